The average molecular weight is 582 g/mol. The summed E-state index contributed by atoms with van der Waals surface area (Å²) in [6.45, 7) is 1.37. The topological polar surface area (TPSA) is 106 Å². The Balaban J connectivity index is 1.38. The van der Waals surface area contributed by atoms with Gasteiger partial charge in [0.1, 0.15) is 10.2 Å². The number of aromatic nitrogens is 1. The molecule has 200 valence electrons. The molecule has 2 fully saturated rings. The van der Waals surface area contributed by atoms with Gasteiger partial charge >= 0.3 is 0 Å². The van der Waals surface area contributed by atoms with E-state index in [1.165, 1.54) is 24.3 Å². The van der Waals surface area contributed by atoms with Crippen molar-refractivity contribution in [3.63, 3.8) is 0 Å². The fourth-order valence-electron chi connectivity index (χ4n) is 3.86. The van der Waals surface area contributed by atoms with Gasteiger partial charge in [0.25, 0.3) is 5.91 Å². The Bertz CT molecular complexity index is 1490. The van der Waals surface area contributed by atoms with E-state index in [-0.39, 0.29) is 38.0 Å². The zero-order valence-corrected chi connectivity index (χ0v) is 22.2. The Morgan fingerprint density at radius 2 is 1.87 bits per heavy atom. The van der Waals surface area contributed by atoms with Crippen molar-refractivity contribution in [3.8, 4) is 5.75 Å². The number of benzene rings is 2. The molecule has 13 heteroatoms. The van der Waals surface area contributed by atoms with Gasteiger partial charge in [-0.25, -0.2) is 22.2 Å². The van der Waals surface area contributed by atoms with Gasteiger partial charge in [0, 0.05) is 24.7 Å². The van der Waals surface area contributed by atoms with Gasteiger partial charge in [0.2, 0.25) is 12.0 Å². The van der Waals surface area contributed by atoms with Crippen LogP contribution in [0, 0.1) is 11.6 Å². The van der Waals surface area contributed by atoms with E-state index in [1.807, 2.05) is 0 Å². The Kier molecular flexibility index (Phi) is 7.38. The molecule has 0 bridgehead atoms. The molecule has 2 aromatic carbocycles. The summed E-state index contributed by atoms with van der Waals surface area (Å²) in [6.07, 6.45) is 0.694. The number of amides is 2. The number of thiazole rings is 1. The minimum atomic E-state index is -3.46. The molecule has 1 atom stereocenters. The lowest BCUT2D eigenvalue weighted by Crippen LogP contribution is -2.42. The molecule has 0 radical (unpaired) electrons. The quantitative estimate of drug-likeness (QED) is 0.398. The molecule has 3 aromatic rings. The number of likely N-dealkylation sites (tertiary alicyclic amines) is 1. The minimum Gasteiger partial charge on any atom is -0.473 e. The van der Waals surface area contributed by atoms with Crippen LogP contribution in [0.25, 0.3) is 0 Å². The van der Waals surface area contributed by atoms with Gasteiger partial charge < -0.3 is 9.64 Å². The fraction of sp³-hybridized carbons (Fsp3) is 0.320. The molecule has 2 heterocycles. The molecule has 0 spiro atoms. The highest BCUT2D eigenvalue weighted by Crippen LogP contribution is 2.35. The van der Waals surface area contributed by atoms with E-state index < -0.39 is 38.7 Å². The zero-order chi connectivity index (χ0) is 27.0. The summed E-state index contributed by atoms with van der Waals surface area (Å²) in [5, 5.41) is 2.27. The molecular formula is C25H22ClF2N3O5S2. The molecule has 5 rings (SSSR count). The van der Waals surface area contributed by atoms with Crippen molar-refractivity contribution < 1.29 is 31.5 Å². The van der Waals surface area contributed by atoms with Crippen LogP contribution in [0.4, 0.5) is 13.9 Å². The van der Waals surface area contributed by atoms with E-state index >= 15 is 0 Å². The molecule has 8 nitrogen and oxygen atoms in total. The van der Waals surface area contributed by atoms with E-state index in [2.05, 4.69) is 10.3 Å². The van der Waals surface area contributed by atoms with Crippen LogP contribution in [0.5, 0.6) is 5.75 Å². The number of halogens is 3. The highest BCUT2D eigenvalue weighted by molar-refractivity contribution is 7.92. The minimum absolute atomic E-state index is 0.0111. The maximum Gasteiger partial charge on any atom is 0.271 e. The second kappa shape index (κ2) is 10.6. The summed E-state index contributed by atoms with van der Waals surface area (Å²) < 4.78 is 58.8. The molecule has 1 aromatic heterocycles. The highest BCUT2D eigenvalue weighted by Gasteiger charge is 2.37. The van der Waals surface area contributed by atoms with E-state index in [0.717, 1.165) is 29.9 Å². The fourth-order valence-corrected chi connectivity index (χ4v) is 6.56. The SMILES string of the molecule is O=C(Nc1nc(CC(=O)N2CCC2)c(Cl)s1)C(Oc1ccc(F)cc1F)c1ccc(S(=O)(=O)C2CC2)cc1. The monoisotopic (exact) mass is 581 g/mol. The van der Waals surface area contributed by atoms with Gasteiger partial charge in [-0.15, -0.1) is 0 Å². The van der Waals surface area contributed by atoms with E-state index in [0.29, 0.717) is 37.7 Å². The van der Waals surface area contributed by atoms with Crippen molar-refractivity contribution in [2.45, 2.75) is 41.9 Å². The van der Waals surface area contributed by atoms with Crippen molar-refractivity contribution in [2.24, 2.45) is 0 Å². The van der Waals surface area contributed by atoms with Crippen molar-refractivity contribution in [3.05, 3.63) is 69.7 Å². The van der Waals surface area contributed by atoms with Crippen LogP contribution in [0.3, 0.4) is 0 Å². The van der Waals surface area contributed by atoms with Crippen molar-refractivity contribution >= 4 is 49.7 Å². The van der Waals surface area contributed by atoms with Gasteiger partial charge in [-0.2, -0.15) is 0 Å². The van der Waals surface area contributed by atoms with Crippen molar-refractivity contribution in [1.29, 1.82) is 0 Å². The van der Waals surface area contributed by atoms with Crippen LogP contribution < -0.4 is 10.1 Å². The zero-order valence-electron chi connectivity index (χ0n) is 19.8. The number of ether oxygens (including phenoxy) is 1. The maximum absolute atomic E-state index is 14.4. The number of nitrogens with zero attached hydrogens (tertiary/aromatic N) is 2. The predicted molar refractivity (Wildman–Crippen MR) is 137 cm³/mol. The molecule has 1 saturated heterocycles. The first kappa shape index (κ1) is 26.5. The summed E-state index contributed by atoms with van der Waals surface area (Å²) in [5.74, 6) is -3.07. The first-order chi connectivity index (χ1) is 18.1. The highest BCUT2D eigenvalue weighted by atomic mass is 35.5. The van der Waals surface area contributed by atoms with Crippen molar-refractivity contribution in [2.75, 3.05) is 18.4 Å². The summed E-state index contributed by atoms with van der Waals surface area (Å²) in [4.78, 5) is 31.7. The molecule has 1 unspecified atom stereocenters. The third kappa shape index (κ3) is 5.67. The number of rotatable bonds is 9. The number of sulfone groups is 1. The van der Waals surface area contributed by atoms with Crippen LogP contribution in [-0.4, -0.2) is 48.5 Å². The normalized spacial score (nSPS) is 16.0. The molecule has 2 amide bonds. The smallest absolute Gasteiger partial charge is 0.271 e. The molecule has 1 aliphatic carbocycles. The van der Waals surface area contributed by atoms with Gasteiger partial charge in [0.05, 0.1) is 22.3 Å². The largest absolute Gasteiger partial charge is 0.473 e. The number of carbonyl (C=O) groups is 2. The van der Waals surface area contributed by atoms with Gasteiger partial charge in [0.15, 0.2) is 26.5 Å². The predicted octanol–water partition coefficient (Wildman–Crippen LogP) is 4.54. The summed E-state index contributed by atoms with van der Waals surface area (Å²) >= 11 is 7.21. The lowest BCUT2D eigenvalue weighted by molar-refractivity contribution is -0.133. The van der Waals surface area contributed by atoms with Gasteiger partial charge in [-0.05, 0) is 43.5 Å². The van der Waals surface area contributed by atoms with E-state index in [4.69, 9.17) is 16.3 Å². The van der Waals surface area contributed by atoms with Crippen LogP contribution in [0.15, 0.2) is 47.4 Å². The Morgan fingerprint density at radius 1 is 1.16 bits per heavy atom. The summed E-state index contributed by atoms with van der Waals surface area (Å²) in [7, 11) is -3.46. The van der Waals surface area contributed by atoms with Crippen molar-refractivity contribution in [1.82, 2.24) is 9.88 Å². The third-order valence-electron chi connectivity index (χ3n) is 6.26. The van der Waals surface area contributed by atoms with Gasteiger partial charge in [-0.1, -0.05) is 35.1 Å². The standard InChI is InChI=1S/C25H22ClF2N3O5S2/c26-23-19(13-21(32)31-10-1-11-31)29-25(37-23)30-24(33)22(36-20-9-4-15(27)12-18(20)28)14-2-5-16(6-3-14)38(34,35)17-7-8-17/h2-6,9,12,17,22H,1,7-8,10-11,13H2,(H,29,30,33). The first-order valence-electron chi connectivity index (χ1n) is 11.8. The average Bonchev–Trinajstić information content (AvgIpc) is 3.63. The van der Waals surface area contributed by atoms with E-state index in [9.17, 15) is 26.8 Å². The molecule has 38 heavy (non-hydrogen) atoms. The second-order valence-electron chi connectivity index (χ2n) is 9.03. The summed E-state index contributed by atoms with van der Waals surface area (Å²) in [5.41, 5.74) is 0.553. The van der Waals surface area contributed by atoms with Crippen LogP contribution >= 0.6 is 22.9 Å². The lowest BCUT2D eigenvalue weighted by atomic mass is 10.1. The third-order valence-corrected chi connectivity index (χ3v) is 9.79. The second-order valence-corrected chi connectivity index (χ2v) is 12.9. The van der Waals surface area contributed by atoms with Crippen LogP contribution in [0.1, 0.15) is 36.6 Å². The number of nitrogens with one attached hydrogen (secondary N) is 1. The molecule has 2 aliphatic rings. The lowest BCUT2D eigenvalue weighted by Gasteiger charge is -2.30. The number of hydrogen-bond acceptors (Lipinski definition) is 7. The Morgan fingerprint density at radius 3 is 2.47 bits per heavy atom. The van der Waals surface area contributed by atoms with Gasteiger partial charge in [-0.3, -0.25) is 14.9 Å². The molecule has 1 saturated carbocycles. The molecule has 1 aliphatic heterocycles. The number of hydrogen-bond donors (Lipinski definition) is 1. The Hall–Kier alpha value is -3.09. The molecule has 1 N–H and O–H groups in total. The summed E-state index contributed by atoms with van der Waals surface area (Å²) in [6, 6.07) is 8.22. The van der Waals surface area contributed by atoms with E-state index in [1.54, 1.807) is 4.90 Å². The molecular weight excluding hydrogens is 560 g/mol. The number of anilines is 1. The number of carbonyl (C=O) groups excluding carboxylic acids is 2. The Labute approximate surface area is 226 Å². The first-order valence-corrected chi connectivity index (χ1v) is 14.6. The van der Waals surface area contributed by atoms with Crippen LogP contribution in [0.2, 0.25) is 4.34 Å². The maximum atomic E-state index is 14.4. The van der Waals surface area contributed by atoms with Crippen LogP contribution in [-0.2, 0) is 25.8 Å².